The number of ether oxygens (including phenoxy) is 1. The van der Waals surface area contributed by atoms with E-state index in [2.05, 4.69) is 67.5 Å². The number of aliphatic carboxylic acids is 1. The molecule has 0 fully saturated rings. The highest BCUT2D eigenvalue weighted by Gasteiger charge is 2.54. The van der Waals surface area contributed by atoms with E-state index in [9.17, 15) is 20.1 Å². The van der Waals surface area contributed by atoms with E-state index in [1.807, 2.05) is 12.1 Å². The highest BCUT2D eigenvalue weighted by molar-refractivity contribution is 6.08. The van der Waals surface area contributed by atoms with E-state index >= 15 is 0 Å². The number of carboxylic acids is 1. The van der Waals surface area contributed by atoms with E-state index in [4.69, 9.17) is 4.74 Å². The largest absolute Gasteiger partial charge is 0.481 e. The predicted molar refractivity (Wildman–Crippen MR) is 152 cm³/mol. The Bertz CT molecular complexity index is 1560. The van der Waals surface area contributed by atoms with Gasteiger partial charge in [0.15, 0.2) is 18.5 Å². The standard InChI is InChI=1S/C33H36N2O5/c1-32(2)22-13-18(15-28(36)37)5-7-24(22)34-11-9-26-20(30(32)34)17-21-27(40-26)10-12-35-25-8-6-19(16-29(38)39)14-23(25)33(3,4)31(21)35/h5-8,13-14,17,26-28,36-37H,9-12,15-16H2,1-4H3/p+1. The number of hydrogen-bond donors (Lipinski definition) is 3. The SMILES string of the molecule is CC1(C)C2=C3C=C4C5=[N+](CCC4OC3CCN2c2ccc(CC(=O)O)cc21)c1ccc(CC(O)O)cc1C5(C)C. The van der Waals surface area contributed by atoms with Gasteiger partial charge in [0.1, 0.15) is 0 Å². The Labute approximate surface area is 234 Å². The van der Waals surface area contributed by atoms with Gasteiger partial charge in [-0.1, -0.05) is 32.0 Å². The smallest absolute Gasteiger partial charge is 0.307 e. The van der Waals surface area contributed by atoms with E-state index in [0.717, 1.165) is 37.1 Å². The van der Waals surface area contributed by atoms with Crippen molar-refractivity contribution in [3.05, 3.63) is 81.6 Å². The molecule has 0 radical (unpaired) electrons. The quantitative estimate of drug-likeness (QED) is 0.399. The minimum absolute atomic E-state index is 0.0233. The molecule has 0 aromatic heterocycles. The van der Waals surface area contributed by atoms with Crippen LogP contribution in [-0.2, 0) is 33.2 Å². The van der Waals surface area contributed by atoms with Crippen LogP contribution in [0, 0.1) is 0 Å². The zero-order valence-electron chi connectivity index (χ0n) is 23.6. The van der Waals surface area contributed by atoms with Gasteiger partial charge in [-0.3, -0.25) is 4.79 Å². The van der Waals surface area contributed by atoms with Crippen molar-refractivity contribution in [2.24, 2.45) is 0 Å². The molecule has 2 aromatic rings. The van der Waals surface area contributed by atoms with Crippen molar-refractivity contribution < 1.29 is 29.4 Å². The summed E-state index contributed by atoms with van der Waals surface area (Å²) in [7, 11) is 0. The van der Waals surface area contributed by atoms with Crippen LogP contribution in [0.4, 0.5) is 11.4 Å². The van der Waals surface area contributed by atoms with E-state index in [-0.39, 0.29) is 35.9 Å². The number of aliphatic hydroxyl groups excluding tert-OH is 1. The first-order valence-electron chi connectivity index (χ1n) is 14.4. The Hall–Kier alpha value is -3.26. The first-order valence-corrected chi connectivity index (χ1v) is 14.4. The molecule has 0 saturated carbocycles. The fourth-order valence-electron chi connectivity index (χ4n) is 8.01. The molecule has 7 rings (SSSR count). The molecule has 7 heteroatoms. The third-order valence-electron chi connectivity index (χ3n) is 9.66. The molecule has 0 spiro atoms. The van der Waals surface area contributed by atoms with Gasteiger partial charge in [0.2, 0.25) is 5.69 Å². The van der Waals surface area contributed by atoms with Crippen LogP contribution in [0.1, 0.15) is 62.8 Å². The number of benzene rings is 2. The van der Waals surface area contributed by atoms with Gasteiger partial charge in [-0.05, 0) is 55.2 Å². The van der Waals surface area contributed by atoms with Gasteiger partial charge < -0.3 is 25.0 Å². The van der Waals surface area contributed by atoms with Crippen LogP contribution < -0.4 is 4.90 Å². The number of nitrogens with zero attached hydrogens (tertiary/aromatic N) is 2. The van der Waals surface area contributed by atoms with Crippen LogP contribution in [0.3, 0.4) is 0 Å². The molecule has 0 amide bonds. The first-order chi connectivity index (χ1) is 19.0. The molecule has 2 unspecified atom stereocenters. The minimum Gasteiger partial charge on any atom is -0.481 e. The number of anilines is 1. The average Bonchev–Trinajstić information content (AvgIpc) is 3.26. The number of aliphatic hydroxyl groups is 2. The van der Waals surface area contributed by atoms with Crippen molar-refractivity contribution in [1.82, 2.24) is 0 Å². The maximum Gasteiger partial charge on any atom is 0.307 e. The fraction of sp³-hybridized carbons (Fsp3) is 0.455. The van der Waals surface area contributed by atoms with E-state index in [1.165, 1.54) is 45.1 Å². The monoisotopic (exact) mass is 541 g/mol. The van der Waals surface area contributed by atoms with Crippen LogP contribution in [0.2, 0.25) is 0 Å². The Morgan fingerprint density at radius 2 is 1.77 bits per heavy atom. The molecule has 0 aliphatic carbocycles. The van der Waals surface area contributed by atoms with E-state index < -0.39 is 12.3 Å². The molecule has 0 bridgehead atoms. The summed E-state index contributed by atoms with van der Waals surface area (Å²) in [4.78, 5) is 13.9. The Morgan fingerprint density at radius 1 is 1.02 bits per heavy atom. The van der Waals surface area contributed by atoms with E-state index in [1.54, 1.807) is 0 Å². The third kappa shape index (κ3) is 3.60. The summed E-state index contributed by atoms with van der Waals surface area (Å²) in [6, 6.07) is 12.4. The van der Waals surface area contributed by atoms with Crippen LogP contribution in [0.15, 0.2) is 59.3 Å². The van der Waals surface area contributed by atoms with Gasteiger partial charge in [0.25, 0.3) is 0 Å². The van der Waals surface area contributed by atoms with Crippen molar-refractivity contribution in [3.8, 4) is 0 Å². The lowest BCUT2D eigenvalue weighted by Crippen LogP contribution is -2.47. The summed E-state index contributed by atoms with van der Waals surface area (Å²) < 4.78 is 9.35. The maximum absolute atomic E-state index is 11.4. The number of hydrogen-bond acceptors (Lipinski definition) is 5. The summed E-state index contributed by atoms with van der Waals surface area (Å²) in [6.07, 6.45) is 3.22. The van der Waals surface area contributed by atoms with Crippen LogP contribution in [-0.4, -0.2) is 63.2 Å². The average molecular weight is 542 g/mol. The van der Waals surface area contributed by atoms with Gasteiger partial charge in [0.05, 0.1) is 24.0 Å². The second kappa shape index (κ2) is 8.62. The molecular weight excluding hydrogens is 504 g/mol. The normalized spacial score (nSPS) is 25.2. The molecule has 5 aliphatic heterocycles. The summed E-state index contributed by atoms with van der Waals surface area (Å²) in [6.45, 7) is 10.8. The number of carbonyl (C=O) groups is 1. The second-order valence-electron chi connectivity index (χ2n) is 13.0. The lowest BCUT2D eigenvalue weighted by Gasteiger charge is -2.42. The third-order valence-corrected chi connectivity index (χ3v) is 9.66. The van der Waals surface area contributed by atoms with E-state index in [0.29, 0.717) is 0 Å². The van der Waals surface area contributed by atoms with Crippen molar-refractivity contribution in [2.75, 3.05) is 18.0 Å². The highest BCUT2D eigenvalue weighted by Crippen LogP contribution is 2.54. The fourth-order valence-corrected chi connectivity index (χ4v) is 8.01. The van der Waals surface area contributed by atoms with Crippen molar-refractivity contribution in [3.63, 3.8) is 0 Å². The number of carboxylic acid groups (broad SMARTS) is 1. The zero-order valence-corrected chi connectivity index (χ0v) is 23.6. The van der Waals surface area contributed by atoms with Gasteiger partial charge in [-0.25, -0.2) is 0 Å². The lowest BCUT2D eigenvalue weighted by molar-refractivity contribution is -0.445. The topological polar surface area (TPSA) is 93.2 Å². The van der Waals surface area contributed by atoms with Crippen molar-refractivity contribution in [2.45, 2.75) is 82.7 Å². The summed E-state index contributed by atoms with van der Waals surface area (Å²) >= 11 is 0. The molecule has 2 aromatic carbocycles. The molecular formula is C33H37N2O5+. The van der Waals surface area contributed by atoms with Gasteiger partial charge >= 0.3 is 5.97 Å². The first kappa shape index (κ1) is 25.7. The number of rotatable bonds is 4. The van der Waals surface area contributed by atoms with Crippen LogP contribution in [0.25, 0.3) is 0 Å². The molecule has 7 nitrogen and oxygen atoms in total. The predicted octanol–water partition coefficient (Wildman–Crippen LogP) is 4.10. The molecule has 3 N–H and O–H groups in total. The Kier molecular flexibility index (Phi) is 5.54. The molecule has 5 heterocycles. The maximum atomic E-state index is 11.4. The number of allylic oxidation sites excluding steroid dienone is 1. The van der Waals surface area contributed by atoms with Crippen LogP contribution >= 0.6 is 0 Å². The second-order valence-corrected chi connectivity index (χ2v) is 13.0. The van der Waals surface area contributed by atoms with Gasteiger partial charge in [-0.2, -0.15) is 4.58 Å². The molecule has 208 valence electrons. The van der Waals surface area contributed by atoms with Crippen molar-refractivity contribution >= 4 is 23.1 Å². The number of fused-ring (bicyclic) bond motifs is 8. The molecule has 5 aliphatic rings. The molecule has 0 saturated heterocycles. The summed E-state index contributed by atoms with van der Waals surface area (Å²) in [5.41, 5.74) is 11.0. The Balaban J connectivity index is 1.35. The summed E-state index contributed by atoms with van der Waals surface area (Å²) in [5.74, 6) is -0.814. The zero-order chi connectivity index (χ0) is 28.1. The van der Waals surface area contributed by atoms with Gasteiger partial charge in [-0.15, -0.1) is 0 Å². The Morgan fingerprint density at radius 3 is 2.52 bits per heavy atom. The summed E-state index contributed by atoms with van der Waals surface area (Å²) in [5, 5.41) is 28.5. The minimum atomic E-state index is -1.37. The van der Waals surface area contributed by atoms with Crippen LogP contribution in [0.5, 0.6) is 0 Å². The molecule has 2 atom stereocenters. The lowest BCUT2D eigenvalue weighted by atomic mass is 9.73. The highest BCUT2D eigenvalue weighted by atomic mass is 16.5. The van der Waals surface area contributed by atoms with Crippen molar-refractivity contribution in [1.29, 1.82) is 0 Å². The van der Waals surface area contributed by atoms with Gasteiger partial charge in [0, 0.05) is 59.0 Å². The molecule has 40 heavy (non-hydrogen) atoms.